The van der Waals surface area contributed by atoms with Crippen LogP contribution in [0.3, 0.4) is 0 Å². The molecule has 0 saturated heterocycles. The number of hydrogen-bond donors (Lipinski definition) is 1. The quantitative estimate of drug-likeness (QED) is 0.450. The molecule has 0 heterocycles. The first-order chi connectivity index (χ1) is 7.38. The molecule has 2 unspecified atom stereocenters. The zero-order valence-electron chi connectivity index (χ0n) is 10.3. The topological polar surface area (TPSA) is 12.0 Å². The number of nitrogens with one attached hydrogen (secondary N) is 1. The van der Waals surface area contributed by atoms with Gasteiger partial charge in [0.2, 0.25) is 0 Å². The Labute approximate surface area is 95.3 Å². The monoisotopic (exact) mass is 209 g/mol. The SMILES string of the molecule is C=CCCCCCC1CCC1CNCC. The van der Waals surface area contributed by atoms with Crippen molar-refractivity contribution in [3.05, 3.63) is 12.7 Å². The predicted molar refractivity (Wildman–Crippen MR) is 68.0 cm³/mol. The largest absolute Gasteiger partial charge is 0.317 e. The van der Waals surface area contributed by atoms with Crippen LogP contribution in [-0.2, 0) is 0 Å². The maximum Gasteiger partial charge on any atom is -0.00180 e. The van der Waals surface area contributed by atoms with Gasteiger partial charge in [-0.3, -0.25) is 0 Å². The second kappa shape index (κ2) is 7.92. The maximum atomic E-state index is 3.76. The van der Waals surface area contributed by atoms with Gasteiger partial charge in [0, 0.05) is 0 Å². The Hall–Kier alpha value is -0.300. The molecule has 1 N–H and O–H groups in total. The van der Waals surface area contributed by atoms with E-state index in [1.165, 1.54) is 51.5 Å². The summed E-state index contributed by atoms with van der Waals surface area (Å²) in [4.78, 5) is 0. The summed E-state index contributed by atoms with van der Waals surface area (Å²) in [6.07, 6.45) is 11.8. The van der Waals surface area contributed by atoms with Crippen molar-refractivity contribution >= 4 is 0 Å². The van der Waals surface area contributed by atoms with Crippen molar-refractivity contribution in [1.82, 2.24) is 5.32 Å². The van der Waals surface area contributed by atoms with Crippen molar-refractivity contribution in [3.8, 4) is 0 Å². The molecule has 0 aromatic rings. The summed E-state index contributed by atoms with van der Waals surface area (Å²) < 4.78 is 0. The van der Waals surface area contributed by atoms with E-state index in [0.29, 0.717) is 0 Å². The van der Waals surface area contributed by atoms with Crippen molar-refractivity contribution in [2.24, 2.45) is 11.8 Å². The van der Waals surface area contributed by atoms with Gasteiger partial charge in [-0.15, -0.1) is 6.58 Å². The van der Waals surface area contributed by atoms with Gasteiger partial charge in [-0.05, 0) is 50.6 Å². The van der Waals surface area contributed by atoms with Crippen molar-refractivity contribution in [2.75, 3.05) is 13.1 Å². The van der Waals surface area contributed by atoms with Gasteiger partial charge in [0.1, 0.15) is 0 Å². The highest BCUT2D eigenvalue weighted by atomic mass is 14.9. The molecule has 0 radical (unpaired) electrons. The van der Waals surface area contributed by atoms with E-state index in [0.717, 1.165) is 18.4 Å². The number of hydrogen-bond acceptors (Lipinski definition) is 1. The van der Waals surface area contributed by atoms with Gasteiger partial charge in [-0.1, -0.05) is 32.3 Å². The predicted octanol–water partition coefficient (Wildman–Crippen LogP) is 3.76. The van der Waals surface area contributed by atoms with E-state index >= 15 is 0 Å². The zero-order chi connectivity index (χ0) is 10.9. The average Bonchev–Trinajstić information content (AvgIpc) is 2.22. The first kappa shape index (κ1) is 12.8. The Balaban J connectivity index is 1.94. The summed E-state index contributed by atoms with van der Waals surface area (Å²) in [5.41, 5.74) is 0. The summed E-state index contributed by atoms with van der Waals surface area (Å²) in [7, 11) is 0. The van der Waals surface area contributed by atoms with Gasteiger partial charge in [0.15, 0.2) is 0 Å². The molecule has 1 rings (SSSR count). The first-order valence-electron chi connectivity index (χ1n) is 6.70. The van der Waals surface area contributed by atoms with Gasteiger partial charge in [-0.2, -0.15) is 0 Å². The van der Waals surface area contributed by atoms with Crippen LogP contribution in [0.2, 0.25) is 0 Å². The van der Waals surface area contributed by atoms with Crippen molar-refractivity contribution in [1.29, 1.82) is 0 Å². The summed E-state index contributed by atoms with van der Waals surface area (Å²) in [5, 5.41) is 3.48. The van der Waals surface area contributed by atoms with Crippen molar-refractivity contribution in [2.45, 2.75) is 51.9 Å². The molecule has 1 saturated carbocycles. The molecule has 0 amide bonds. The number of unbranched alkanes of at least 4 members (excludes halogenated alkanes) is 3. The molecule has 2 atom stereocenters. The summed E-state index contributed by atoms with van der Waals surface area (Å²) in [5.74, 6) is 2.03. The highest BCUT2D eigenvalue weighted by Gasteiger charge is 2.29. The smallest absolute Gasteiger partial charge is 0.00180 e. The van der Waals surface area contributed by atoms with Gasteiger partial charge in [0.25, 0.3) is 0 Å². The molecule has 1 nitrogen and oxygen atoms in total. The van der Waals surface area contributed by atoms with Crippen molar-refractivity contribution in [3.63, 3.8) is 0 Å². The van der Waals surface area contributed by atoms with Crippen LogP contribution >= 0.6 is 0 Å². The first-order valence-corrected chi connectivity index (χ1v) is 6.70. The molecular weight excluding hydrogens is 182 g/mol. The van der Waals surface area contributed by atoms with E-state index in [9.17, 15) is 0 Å². The third-order valence-electron chi connectivity index (χ3n) is 3.71. The van der Waals surface area contributed by atoms with Gasteiger partial charge in [-0.25, -0.2) is 0 Å². The summed E-state index contributed by atoms with van der Waals surface area (Å²) in [6.45, 7) is 8.34. The molecule has 0 aromatic heterocycles. The van der Waals surface area contributed by atoms with Crippen LogP contribution in [0.1, 0.15) is 51.9 Å². The van der Waals surface area contributed by atoms with E-state index in [1.54, 1.807) is 0 Å². The van der Waals surface area contributed by atoms with Gasteiger partial charge >= 0.3 is 0 Å². The Morgan fingerprint density at radius 3 is 2.60 bits per heavy atom. The average molecular weight is 209 g/mol. The van der Waals surface area contributed by atoms with E-state index in [2.05, 4.69) is 18.8 Å². The lowest BCUT2D eigenvalue weighted by molar-refractivity contribution is 0.157. The van der Waals surface area contributed by atoms with E-state index in [1.807, 2.05) is 6.08 Å². The molecule has 0 bridgehead atoms. The summed E-state index contributed by atoms with van der Waals surface area (Å²) >= 11 is 0. The standard InChI is InChI=1S/C14H27N/c1-3-5-6-7-8-9-13-10-11-14(13)12-15-4-2/h3,13-15H,1,4-12H2,2H3. The molecule has 1 fully saturated rings. The minimum atomic E-state index is 0.990. The lowest BCUT2D eigenvalue weighted by Crippen LogP contribution is -2.35. The van der Waals surface area contributed by atoms with Gasteiger partial charge in [0.05, 0.1) is 0 Å². The van der Waals surface area contributed by atoms with E-state index in [-0.39, 0.29) is 0 Å². The van der Waals surface area contributed by atoms with Crippen LogP contribution < -0.4 is 5.32 Å². The third kappa shape index (κ3) is 4.83. The number of rotatable bonds is 9. The van der Waals surface area contributed by atoms with Crippen LogP contribution in [0.5, 0.6) is 0 Å². The molecule has 1 heteroatoms. The Bertz CT molecular complexity index is 165. The molecule has 88 valence electrons. The highest BCUT2D eigenvalue weighted by molar-refractivity contribution is 4.82. The van der Waals surface area contributed by atoms with Gasteiger partial charge < -0.3 is 5.32 Å². The van der Waals surface area contributed by atoms with E-state index in [4.69, 9.17) is 0 Å². The molecular formula is C14H27N. The zero-order valence-corrected chi connectivity index (χ0v) is 10.3. The molecule has 0 aromatic carbocycles. The summed E-state index contributed by atoms with van der Waals surface area (Å²) in [6, 6.07) is 0. The van der Waals surface area contributed by atoms with Crippen LogP contribution in [-0.4, -0.2) is 13.1 Å². The maximum absolute atomic E-state index is 3.76. The number of allylic oxidation sites excluding steroid dienone is 1. The second-order valence-electron chi connectivity index (χ2n) is 4.83. The highest BCUT2D eigenvalue weighted by Crippen LogP contribution is 2.37. The Morgan fingerprint density at radius 2 is 2.00 bits per heavy atom. The van der Waals surface area contributed by atoms with Crippen LogP contribution in [0.4, 0.5) is 0 Å². The lowest BCUT2D eigenvalue weighted by atomic mass is 9.71. The fourth-order valence-electron chi connectivity index (χ4n) is 2.49. The third-order valence-corrected chi connectivity index (χ3v) is 3.71. The Kier molecular flexibility index (Phi) is 6.74. The van der Waals surface area contributed by atoms with Crippen molar-refractivity contribution < 1.29 is 0 Å². The lowest BCUT2D eigenvalue weighted by Gasteiger charge is -2.37. The molecule has 15 heavy (non-hydrogen) atoms. The minimum Gasteiger partial charge on any atom is -0.317 e. The fraction of sp³-hybridized carbons (Fsp3) is 0.857. The van der Waals surface area contributed by atoms with Crippen LogP contribution in [0.15, 0.2) is 12.7 Å². The normalized spacial score (nSPS) is 24.9. The Morgan fingerprint density at radius 1 is 1.20 bits per heavy atom. The second-order valence-corrected chi connectivity index (χ2v) is 4.83. The molecule has 0 aliphatic heterocycles. The molecule has 1 aliphatic carbocycles. The van der Waals surface area contributed by atoms with Crippen LogP contribution in [0, 0.1) is 11.8 Å². The minimum absolute atomic E-state index is 0.990. The van der Waals surface area contributed by atoms with E-state index < -0.39 is 0 Å². The molecule has 1 aliphatic rings. The molecule has 0 spiro atoms. The fourth-order valence-corrected chi connectivity index (χ4v) is 2.49. The van der Waals surface area contributed by atoms with Crippen LogP contribution in [0.25, 0.3) is 0 Å².